The SMILES string of the molecule is CCCn1c(Cl)c(C#N)c2cc(Cl)c(Cl)cc21. The number of aryl methyl sites for hydroxylation is 1. The van der Waals surface area contributed by atoms with E-state index in [2.05, 4.69) is 6.07 Å². The number of nitrogens with zero attached hydrogens (tertiary/aromatic N) is 2. The second-order valence-electron chi connectivity index (χ2n) is 3.71. The van der Waals surface area contributed by atoms with Gasteiger partial charge in [-0.25, -0.2) is 0 Å². The zero-order chi connectivity index (χ0) is 12.6. The molecule has 0 saturated heterocycles. The van der Waals surface area contributed by atoms with Crippen LogP contribution >= 0.6 is 34.8 Å². The normalized spacial score (nSPS) is 10.8. The average molecular weight is 288 g/mol. The molecule has 0 bridgehead atoms. The van der Waals surface area contributed by atoms with Gasteiger partial charge in [-0.05, 0) is 18.6 Å². The Morgan fingerprint density at radius 1 is 1.24 bits per heavy atom. The summed E-state index contributed by atoms with van der Waals surface area (Å²) in [7, 11) is 0. The molecule has 0 aliphatic carbocycles. The van der Waals surface area contributed by atoms with E-state index in [0.717, 1.165) is 23.9 Å². The van der Waals surface area contributed by atoms with Crippen LogP contribution in [0.3, 0.4) is 0 Å². The molecule has 0 radical (unpaired) electrons. The highest BCUT2D eigenvalue weighted by atomic mass is 35.5. The molecular weight excluding hydrogens is 279 g/mol. The van der Waals surface area contributed by atoms with Crippen LogP contribution in [0.25, 0.3) is 10.9 Å². The maximum atomic E-state index is 9.13. The molecule has 5 heteroatoms. The van der Waals surface area contributed by atoms with Crippen molar-refractivity contribution in [2.24, 2.45) is 0 Å². The number of rotatable bonds is 2. The van der Waals surface area contributed by atoms with Crippen LogP contribution in [-0.2, 0) is 6.54 Å². The van der Waals surface area contributed by atoms with Crippen molar-refractivity contribution < 1.29 is 0 Å². The highest BCUT2D eigenvalue weighted by Crippen LogP contribution is 2.35. The third kappa shape index (κ3) is 1.99. The highest BCUT2D eigenvalue weighted by molar-refractivity contribution is 6.43. The lowest BCUT2D eigenvalue weighted by Crippen LogP contribution is -1.96. The molecule has 0 N–H and O–H groups in total. The van der Waals surface area contributed by atoms with E-state index < -0.39 is 0 Å². The van der Waals surface area contributed by atoms with Gasteiger partial charge in [0, 0.05) is 11.9 Å². The Balaban J connectivity index is 2.86. The first kappa shape index (κ1) is 12.6. The monoisotopic (exact) mass is 286 g/mol. The minimum atomic E-state index is 0.431. The smallest absolute Gasteiger partial charge is 0.128 e. The Kier molecular flexibility index (Phi) is 3.53. The third-order valence-corrected chi connectivity index (χ3v) is 3.72. The zero-order valence-electron chi connectivity index (χ0n) is 9.10. The van der Waals surface area contributed by atoms with E-state index in [9.17, 15) is 0 Å². The standard InChI is InChI=1S/C12H9Cl3N2/c1-2-3-17-11-5-10(14)9(13)4-7(11)8(6-16)12(17)15/h4-5H,2-3H2,1H3. The molecule has 88 valence electrons. The van der Waals surface area contributed by atoms with Crippen molar-refractivity contribution >= 4 is 45.7 Å². The Labute approximate surface area is 114 Å². The molecule has 0 atom stereocenters. The molecule has 0 aliphatic rings. The van der Waals surface area contributed by atoms with Crippen LogP contribution in [0.4, 0.5) is 0 Å². The molecule has 2 rings (SSSR count). The molecular formula is C12H9Cl3N2. The molecule has 0 spiro atoms. The van der Waals surface area contributed by atoms with E-state index in [1.54, 1.807) is 12.1 Å². The van der Waals surface area contributed by atoms with E-state index >= 15 is 0 Å². The number of halogens is 3. The summed E-state index contributed by atoms with van der Waals surface area (Å²) < 4.78 is 1.89. The predicted octanol–water partition coefficient (Wildman–Crippen LogP) is 4.88. The zero-order valence-corrected chi connectivity index (χ0v) is 11.4. The van der Waals surface area contributed by atoms with Crippen molar-refractivity contribution in [3.63, 3.8) is 0 Å². The Bertz CT molecular complexity index is 623. The van der Waals surface area contributed by atoms with Gasteiger partial charge in [-0.3, -0.25) is 0 Å². The first-order chi connectivity index (χ1) is 8.10. The van der Waals surface area contributed by atoms with Crippen LogP contribution < -0.4 is 0 Å². The van der Waals surface area contributed by atoms with E-state index in [-0.39, 0.29) is 0 Å². The highest BCUT2D eigenvalue weighted by Gasteiger charge is 2.16. The van der Waals surface area contributed by atoms with Gasteiger partial charge in [0.05, 0.1) is 21.1 Å². The molecule has 2 nitrogen and oxygen atoms in total. The van der Waals surface area contributed by atoms with Crippen molar-refractivity contribution in [3.8, 4) is 6.07 Å². The number of hydrogen-bond donors (Lipinski definition) is 0. The first-order valence-electron chi connectivity index (χ1n) is 5.17. The number of hydrogen-bond acceptors (Lipinski definition) is 1. The Morgan fingerprint density at radius 2 is 1.88 bits per heavy atom. The average Bonchev–Trinajstić information content (AvgIpc) is 2.54. The number of benzene rings is 1. The van der Waals surface area contributed by atoms with Crippen molar-refractivity contribution in [3.05, 3.63) is 32.9 Å². The van der Waals surface area contributed by atoms with Crippen LogP contribution in [-0.4, -0.2) is 4.57 Å². The summed E-state index contributed by atoms with van der Waals surface area (Å²) in [5.74, 6) is 0. The Morgan fingerprint density at radius 3 is 2.47 bits per heavy atom. The minimum Gasteiger partial charge on any atom is -0.330 e. The summed E-state index contributed by atoms with van der Waals surface area (Å²) in [6.07, 6.45) is 0.925. The number of nitriles is 1. The van der Waals surface area contributed by atoms with Crippen LogP contribution in [0.2, 0.25) is 15.2 Å². The molecule has 0 fully saturated rings. The quantitative estimate of drug-likeness (QED) is 0.773. The fourth-order valence-electron chi connectivity index (χ4n) is 1.86. The van der Waals surface area contributed by atoms with E-state index in [4.69, 9.17) is 40.1 Å². The summed E-state index contributed by atoms with van der Waals surface area (Å²) in [5, 5.41) is 11.2. The largest absolute Gasteiger partial charge is 0.330 e. The van der Waals surface area contributed by atoms with Crippen molar-refractivity contribution in [2.45, 2.75) is 19.9 Å². The van der Waals surface area contributed by atoms with Gasteiger partial charge >= 0.3 is 0 Å². The molecule has 0 amide bonds. The molecule has 17 heavy (non-hydrogen) atoms. The van der Waals surface area contributed by atoms with Crippen LogP contribution in [0.1, 0.15) is 18.9 Å². The van der Waals surface area contributed by atoms with E-state index in [1.807, 2.05) is 11.5 Å². The molecule has 0 saturated carbocycles. The maximum Gasteiger partial charge on any atom is 0.128 e. The van der Waals surface area contributed by atoms with Gasteiger partial charge in [0.15, 0.2) is 0 Å². The number of fused-ring (bicyclic) bond motifs is 1. The molecule has 1 aromatic carbocycles. The van der Waals surface area contributed by atoms with Crippen LogP contribution in [0.15, 0.2) is 12.1 Å². The van der Waals surface area contributed by atoms with Gasteiger partial charge in [0.2, 0.25) is 0 Å². The van der Waals surface area contributed by atoms with Crippen molar-refractivity contribution in [1.82, 2.24) is 4.57 Å². The molecule has 1 aromatic heterocycles. The van der Waals surface area contributed by atoms with Crippen LogP contribution in [0.5, 0.6) is 0 Å². The van der Waals surface area contributed by atoms with Gasteiger partial charge in [0.1, 0.15) is 11.2 Å². The fourth-order valence-corrected chi connectivity index (χ4v) is 2.50. The lowest BCUT2D eigenvalue weighted by molar-refractivity contribution is 0.704. The van der Waals surface area contributed by atoms with E-state index in [1.165, 1.54) is 0 Å². The van der Waals surface area contributed by atoms with Gasteiger partial charge in [-0.15, -0.1) is 0 Å². The summed E-state index contributed by atoms with van der Waals surface area (Å²) >= 11 is 18.1. The summed E-state index contributed by atoms with van der Waals surface area (Å²) in [4.78, 5) is 0. The van der Waals surface area contributed by atoms with Crippen LogP contribution in [0, 0.1) is 11.3 Å². The second kappa shape index (κ2) is 4.78. The minimum absolute atomic E-state index is 0.431. The first-order valence-corrected chi connectivity index (χ1v) is 6.30. The lowest BCUT2D eigenvalue weighted by Gasteiger charge is -2.05. The summed E-state index contributed by atoms with van der Waals surface area (Å²) in [6, 6.07) is 5.55. The van der Waals surface area contributed by atoms with Crippen molar-refractivity contribution in [1.29, 1.82) is 5.26 Å². The molecule has 1 heterocycles. The van der Waals surface area contributed by atoms with E-state index in [0.29, 0.717) is 20.8 Å². The fraction of sp³-hybridized carbons (Fsp3) is 0.250. The summed E-state index contributed by atoms with van der Waals surface area (Å²) in [6.45, 7) is 2.79. The second-order valence-corrected chi connectivity index (χ2v) is 4.89. The number of aromatic nitrogens is 1. The van der Waals surface area contributed by atoms with Gasteiger partial charge in [-0.2, -0.15) is 5.26 Å². The molecule has 0 unspecified atom stereocenters. The van der Waals surface area contributed by atoms with Crippen molar-refractivity contribution in [2.75, 3.05) is 0 Å². The maximum absolute atomic E-state index is 9.13. The predicted molar refractivity (Wildman–Crippen MR) is 72.0 cm³/mol. The molecule has 2 aromatic rings. The Hall–Kier alpha value is -0.880. The van der Waals surface area contributed by atoms with Gasteiger partial charge in [-0.1, -0.05) is 41.7 Å². The topological polar surface area (TPSA) is 28.7 Å². The lowest BCUT2D eigenvalue weighted by atomic mass is 10.2. The summed E-state index contributed by atoms with van der Waals surface area (Å²) in [5.41, 5.74) is 1.30. The third-order valence-electron chi connectivity index (χ3n) is 2.60. The van der Waals surface area contributed by atoms with Gasteiger partial charge in [0.25, 0.3) is 0 Å². The van der Waals surface area contributed by atoms with Gasteiger partial charge < -0.3 is 4.57 Å². The molecule has 0 aliphatic heterocycles.